The summed E-state index contributed by atoms with van der Waals surface area (Å²) in [5.74, 6) is 2.41. The molecule has 6 heteroatoms. The lowest BCUT2D eigenvalue weighted by Gasteiger charge is -2.21. The molecule has 0 aromatic carbocycles. The molecule has 0 aliphatic carbocycles. The summed E-state index contributed by atoms with van der Waals surface area (Å²) >= 11 is 0. The van der Waals surface area contributed by atoms with Crippen LogP contribution < -0.4 is 10.2 Å². The Morgan fingerprint density at radius 3 is 2.37 bits per heavy atom. The molecule has 1 aliphatic rings. The van der Waals surface area contributed by atoms with E-state index in [4.69, 9.17) is 0 Å². The van der Waals surface area contributed by atoms with Crippen molar-refractivity contribution in [1.29, 1.82) is 0 Å². The van der Waals surface area contributed by atoms with E-state index in [0.717, 1.165) is 36.0 Å². The number of rotatable bonds is 4. The molecule has 1 fully saturated rings. The van der Waals surface area contributed by atoms with Gasteiger partial charge < -0.3 is 20.4 Å². The first-order valence-electron chi connectivity index (χ1n) is 6.79. The predicted molar refractivity (Wildman–Crippen MR) is 74.5 cm³/mol. The van der Waals surface area contributed by atoms with E-state index in [0.29, 0.717) is 13.1 Å². The van der Waals surface area contributed by atoms with Gasteiger partial charge in [0, 0.05) is 31.6 Å². The van der Waals surface area contributed by atoms with Crippen LogP contribution in [-0.2, 0) is 6.42 Å². The molecule has 19 heavy (non-hydrogen) atoms. The first-order chi connectivity index (χ1) is 9.06. The highest BCUT2D eigenvalue weighted by Gasteiger charge is 2.31. The van der Waals surface area contributed by atoms with Gasteiger partial charge in [-0.05, 0) is 13.8 Å². The van der Waals surface area contributed by atoms with Crippen LogP contribution in [0.5, 0.6) is 0 Å². The van der Waals surface area contributed by atoms with Gasteiger partial charge in [0.1, 0.15) is 17.5 Å². The highest BCUT2D eigenvalue weighted by atomic mass is 16.3. The molecule has 6 nitrogen and oxygen atoms in total. The second-order valence-corrected chi connectivity index (χ2v) is 4.86. The predicted octanol–water partition coefficient (Wildman–Crippen LogP) is 0.321. The molecular formula is C13H22N4O2. The maximum absolute atomic E-state index is 9.67. The summed E-state index contributed by atoms with van der Waals surface area (Å²) in [5.41, 5.74) is 0.959. The van der Waals surface area contributed by atoms with Gasteiger partial charge in [0.15, 0.2) is 0 Å². The molecule has 2 atom stereocenters. The standard InChI is InChI=1S/C13H22N4O2/c1-4-11-15-12(14-5-2)8(3)13(16-11)17-6-9(18)10(19)7-17/h9-10,18-19H,4-7H2,1-3H3,(H,14,15,16). The average molecular weight is 266 g/mol. The molecule has 2 unspecified atom stereocenters. The number of nitrogens with zero attached hydrogens (tertiary/aromatic N) is 3. The average Bonchev–Trinajstić information content (AvgIpc) is 2.72. The van der Waals surface area contributed by atoms with Crippen molar-refractivity contribution in [3.8, 4) is 0 Å². The summed E-state index contributed by atoms with van der Waals surface area (Å²) < 4.78 is 0. The Labute approximate surface area is 113 Å². The Bertz CT molecular complexity index is 443. The third-order valence-corrected chi connectivity index (χ3v) is 3.39. The van der Waals surface area contributed by atoms with Gasteiger partial charge in [-0.3, -0.25) is 0 Å². The van der Waals surface area contributed by atoms with E-state index >= 15 is 0 Å². The van der Waals surface area contributed by atoms with Crippen LogP contribution in [0.3, 0.4) is 0 Å². The quantitative estimate of drug-likeness (QED) is 0.728. The summed E-state index contributed by atoms with van der Waals surface area (Å²) in [6.07, 6.45) is -0.658. The molecular weight excluding hydrogens is 244 g/mol. The lowest BCUT2D eigenvalue weighted by Crippen LogP contribution is -2.24. The Hall–Kier alpha value is -1.40. The number of aliphatic hydroxyl groups is 2. The first-order valence-corrected chi connectivity index (χ1v) is 6.79. The molecule has 0 spiro atoms. The molecule has 1 aromatic heterocycles. The Balaban J connectivity index is 2.36. The van der Waals surface area contributed by atoms with Crippen molar-refractivity contribution < 1.29 is 10.2 Å². The molecule has 1 saturated heterocycles. The van der Waals surface area contributed by atoms with Crippen molar-refractivity contribution in [1.82, 2.24) is 9.97 Å². The fourth-order valence-corrected chi connectivity index (χ4v) is 2.30. The van der Waals surface area contributed by atoms with Crippen molar-refractivity contribution in [3.05, 3.63) is 11.4 Å². The molecule has 0 radical (unpaired) electrons. The largest absolute Gasteiger partial charge is 0.389 e. The van der Waals surface area contributed by atoms with Crippen LogP contribution in [0.4, 0.5) is 11.6 Å². The van der Waals surface area contributed by atoms with Crippen molar-refractivity contribution in [2.24, 2.45) is 0 Å². The number of hydrogen-bond donors (Lipinski definition) is 3. The zero-order valence-electron chi connectivity index (χ0n) is 11.7. The minimum absolute atomic E-state index is 0.410. The molecule has 1 aromatic rings. The van der Waals surface area contributed by atoms with Crippen molar-refractivity contribution >= 4 is 11.6 Å². The van der Waals surface area contributed by atoms with Gasteiger partial charge in [-0.25, -0.2) is 9.97 Å². The highest BCUT2D eigenvalue weighted by Crippen LogP contribution is 2.27. The van der Waals surface area contributed by atoms with Crippen LogP contribution in [-0.4, -0.2) is 52.0 Å². The minimum atomic E-state index is -0.706. The highest BCUT2D eigenvalue weighted by molar-refractivity contribution is 5.59. The van der Waals surface area contributed by atoms with Crippen molar-refractivity contribution in [3.63, 3.8) is 0 Å². The lowest BCUT2D eigenvalue weighted by molar-refractivity contribution is 0.0572. The van der Waals surface area contributed by atoms with E-state index in [1.54, 1.807) is 0 Å². The minimum Gasteiger partial charge on any atom is -0.389 e. The SMILES string of the molecule is CCNc1nc(CC)nc(N2CC(O)C(O)C2)c1C. The van der Waals surface area contributed by atoms with Crippen LogP contribution in [0, 0.1) is 6.92 Å². The Kier molecular flexibility index (Phi) is 4.21. The number of aromatic nitrogens is 2. The number of anilines is 2. The van der Waals surface area contributed by atoms with Gasteiger partial charge in [-0.15, -0.1) is 0 Å². The lowest BCUT2D eigenvalue weighted by atomic mass is 10.2. The van der Waals surface area contributed by atoms with Gasteiger partial charge in [0.25, 0.3) is 0 Å². The molecule has 1 aliphatic heterocycles. The molecule has 0 amide bonds. The molecule has 3 N–H and O–H groups in total. The molecule has 0 bridgehead atoms. The van der Waals surface area contributed by atoms with E-state index in [9.17, 15) is 10.2 Å². The first kappa shape index (κ1) is 14.0. The number of β-amino-alcohol motifs (C(OH)–C–C–N with tert-alkyl or cyclic N) is 2. The normalized spacial score (nSPS) is 22.9. The fraction of sp³-hybridized carbons (Fsp3) is 0.692. The topological polar surface area (TPSA) is 81.5 Å². The van der Waals surface area contributed by atoms with Crippen molar-refractivity contribution in [2.75, 3.05) is 29.9 Å². The van der Waals surface area contributed by atoms with E-state index in [1.165, 1.54) is 0 Å². The van der Waals surface area contributed by atoms with Crippen LogP contribution in [0.2, 0.25) is 0 Å². The number of hydrogen-bond acceptors (Lipinski definition) is 6. The van der Waals surface area contributed by atoms with Crippen LogP contribution >= 0.6 is 0 Å². The van der Waals surface area contributed by atoms with Crippen molar-refractivity contribution in [2.45, 2.75) is 39.4 Å². The van der Waals surface area contributed by atoms with Crippen LogP contribution in [0.25, 0.3) is 0 Å². The fourth-order valence-electron chi connectivity index (χ4n) is 2.30. The second-order valence-electron chi connectivity index (χ2n) is 4.86. The van der Waals surface area contributed by atoms with Crippen LogP contribution in [0.1, 0.15) is 25.2 Å². The summed E-state index contributed by atoms with van der Waals surface area (Å²) in [7, 11) is 0. The maximum atomic E-state index is 9.67. The summed E-state index contributed by atoms with van der Waals surface area (Å²) in [5, 5.41) is 22.6. The van der Waals surface area contributed by atoms with Gasteiger partial charge in [0.2, 0.25) is 0 Å². The van der Waals surface area contributed by atoms with Crippen LogP contribution in [0.15, 0.2) is 0 Å². The van der Waals surface area contributed by atoms with Gasteiger partial charge >= 0.3 is 0 Å². The van der Waals surface area contributed by atoms with Gasteiger partial charge in [0.05, 0.1) is 12.2 Å². The maximum Gasteiger partial charge on any atom is 0.137 e. The monoisotopic (exact) mass is 266 g/mol. The van der Waals surface area contributed by atoms with Gasteiger partial charge in [-0.2, -0.15) is 0 Å². The molecule has 2 rings (SSSR count). The summed E-state index contributed by atoms with van der Waals surface area (Å²) in [6, 6.07) is 0. The second kappa shape index (κ2) is 5.71. The Morgan fingerprint density at radius 1 is 1.21 bits per heavy atom. The molecule has 0 saturated carbocycles. The zero-order chi connectivity index (χ0) is 14.0. The van der Waals surface area contributed by atoms with E-state index < -0.39 is 12.2 Å². The number of nitrogens with one attached hydrogen (secondary N) is 1. The number of aryl methyl sites for hydroxylation is 1. The Morgan fingerprint density at radius 2 is 1.84 bits per heavy atom. The molecule has 106 valence electrons. The van der Waals surface area contributed by atoms with E-state index in [1.807, 2.05) is 25.7 Å². The smallest absolute Gasteiger partial charge is 0.137 e. The third-order valence-electron chi connectivity index (χ3n) is 3.39. The van der Waals surface area contributed by atoms with Gasteiger partial charge in [-0.1, -0.05) is 6.92 Å². The molecule has 2 heterocycles. The third kappa shape index (κ3) is 2.79. The number of aliphatic hydroxyl groups excluding tert-OH is 2. The summed E-state index contributed by atoms with van der Waals surface area (Å²) in [6.45, 7) is 7.62. The van der Waals surface area contributed by atoms with E-state index in [2.05, 4.69) is 15.3 Å². The summed E-state index contributed by atoms with van der Waals surface area (Å²) in [4.78, 5) is 10.9. The van der Waals surface area contributed by atoms with E-state index in [-0.39, 0.29) is 0 Å². The zero-order valence-corrected chi connectivity index (χ0v) is 11.7.